The minimum absolute atomic E-state index is 0.115. The van der Waals surface area contributed by atoms with Gasteiger partial charge >= 0.3 is 5.97 Å². The topological polar surface area (TPSA) is 113 Å². The molecule has 0 heterocycles. The number of hydrogen-bond donors (Lipinski definition) is 4. The molecule has 6 heteroatoms. The summed E-state index contributed by atoms with van der Waals surface area (Å²) in [6.45, 7) is -0.255. The second-order valence-electron chi connectivity index (χ2n) is 5.04. The minimum Gasteiger partial charge on any atom is -0.479 e. The second-order valence-corrected chi connectivity index (χ2v) is 5.04. The van der Waals surface area contributed by atoms with Gasteiger partial charge in [-0.25, -0.2) is 4.79 Å². The number of amides is 1. The van der Waals surface area contributed by atoms with Gasteiger partial charge < -0.3 is 21.3 Å². The van der Waals surface area contributed by atoms with E-state index >= 15 is 0 Å². The summed E-state index contributed by atoms with van der Waals surface area (Å²) in [7, 11) is 0. The third-order valence-corrected chi connectivity index (χ3v) is 4.04. The molecule has 17 heavy (non-hydrogen) atoms. The first-order valence-corrected chi connectivity index (χ1v) is 5.95. The Labute approximate surface area is 99.2 Å². The average molecular weight is 242 g/mol. The SMILES string of the molecule is NC1C2CCC(C2)C1C(=O)NCC(O)C(=O)O. The number of aliphatic hydroxyl groups is 1. The fourth-order valence-electron chi connectivity index (χ4n) is 3.13. The highest BCUT2D eigenvalue weighted by atomic mass is 16.4. The van der Waals surface area contributed by atoms with Crippen molar-refractivity contribution in [2.24, 2.45) is 23.5 Å². The Morgan fingerprint density at radius 1 is 1.35 bits per heavy atom. The Morgan fingerprint density at radius 3 is 2.53 bits per heavy atom. The molecule has 0 aromatic carbocycles. The molecule has 96 valence electrons. The zero-order valence-corrected chi connectivity index (χ0v) is 9.50. The minimum atomic E-state index is -1.55. The van der Waals surface area contributed by atoms with Crippen LogP contribution in [0.5, 0.6) is 0 Å². The number of fused-ring (bicyclic) bond motifs is 2. The zero-order chi connectivity index (χ0) is 12.6. The number of rotatable bonds is 4. The maximum absolute atomic E-state index is 11.9. The molecular formula is C11H18N2O4. The molecule has 0 spiro atoms. The molecule has 2 aliphatic carbocycles. The van der Waals surface area contributed by atoms with E-state index in [1.807, 2.05) is 0 Å². The lowest BCUT2D eigenvalue weighted by Gasteiger charge is -2.27. The van der Waals surface area contributed by atoms with Crippen molar-refractivity contribution in [3.05, 3.63) is 0 Å². The molecule has 0 saturated heterocycles. The molecule has 2 bridgehead atoms. The first-order chi connectivity index (χ1) is 8.00. The molecule has 5 atom stereocenters. The van der Waals surface area contributed by atoms with Gasteiger partial charge in [0.1, 0.15) is 0 Å². The van der Waals surface area contributed by atoms with Gasteiger partial charge in [-0.3, -0.25) is 4.79 Å². The summed E-state index contributed by atoms with van der Waals surface area (Å²) in [4.78, 5) is 22.3. The van der Waals surface area contributed by atoms with Crippen LogP contribution in [0.2, 0.25) is 0 Å². The van der Waals surface area contributed by atoms with Gasteiger partial charge in [-0.2, -0.15) is 0 Å². The van der Waals surface area contributed by atoms with E-state index in [0.717, 1.165) is 19.3 Å². The predicted molar refractivity (Wildman–Crippen MR) is 58.9 cm³/mol. The molecule has 6 nitrogen and oxygen atoms in total. The maximum atomic E-state index is 11.9. The van der Waals surface area contributed by atoms with Gasteiger partial charge in [0, 0.05) is 6.04 Å². The van der Waals surface area contributed by atoms with Crippen molar-refractivity contribution in [1.29, 1.82) is 0 Å². The van der Waals surface area contributed by atoms with E-state index in [9.17, 15) is 9.59 Å². The third-order valence-electron chi connectivity index (χ3n) is 4.04. The lowest BCUT2D eigenvalue weighted by Crippen LogP contribution is -2.47. The van der Waals surface area contributed by atoms with Crippen LogP contribution in [0.25, 0.3) is 0 Å². The van der Waals surface area contributed by atoms with Crippen molar-refractivity contribution in [2.75, 3.05) is 6.54 Å². The molecule has 2 rings (SSSR count). The van der Waals surface area contributed by atoms with Crippen LogP contribution in [-0.2, 0) is 9.59 Å². The molecule has 5 N–H and O–H groups in total. The maximum Gasteiger partial charge on any atom is 0.334 e. The number of carbonyl (C=O) groups excluding carboxylic acids is 1. The fourth-order valence-corrected chi connectivity index (χ4v) is 3.13. The number of nitrogens with two attached hydrogens (primary N) is 1. The predicted octanol–water partition coefficient (Wildman–Crippen LogP) is -1.08. The highest BCUT2D eigenvalue weighted by molar-refractivity contribution is 5.81. The highest BCUT2D eigenvalue weighted by Gasteiger charge is 2.49. The zero-order valence-electron chi connectivity index (χ0n) is 9.50. The smallest absolute Gasteiger partial charge is 0.334 e. The quantitative estimate of drug-likeness (QED) is 0.501. The Hall–Kier alpha value is -1.14. The number of carboxylic acid groups (broad SMARTS) is 1. The molecule has 0 aliphatic heterocycles. The lowest BCUT2D eigenvalue weighted by molar-refractivity contribution is -0.146. The van der Waals surface area contributed by atoms with Crippen LogP contribution in [-0.4, -0.2) is 40.8 Å². The number of carbonyl (C=O) groups is 2. The first-order valence-electron chi connectivity index (χ1n) is 5.95. The molecule has 5 unspecified atom stereocenters. The van der Waals surface area contributed by atoms with E-state index in [2.05, 4.69) is 5.32 Å². The molecular weight excluding hydrogens is 224 g/mol. The Bertz CT molecular complexity index is 331. The monoisotopic (exact) mass is 242 g/mol. The first kappa shape index (κ1) is 12.3. The van der Waals surface area contributed by atoms with E-state index in [4.69, 9.17) is 15.9 Å². The van der Waals surface area contributed by atoms with Crippen LogP contribution >= 0.6 is 0 Å². The summed E-state index contributed by atoms with van der Waals surface area (Å²) >= 11 is 0. The van der Waals surface area contributed by atoms with Gasteiger partial charge in [0.2, 0.25) is 5.91 Å². The molecule has 0 radical (unpaired) electrons. The Kier molecular flexibility index (Phi) is 3.35. The summed E-state index contributed by atoms with van der Waals surface area (Å²) in [5.74, 6) is -1.00. The number of aliphatic carboxylic acids is 1. The Balaban J connectivity index is 1.86. The van der Waals surface area contributed by atoms with E-state index < -0.39 is 12.1 Å². The van der Waals surface area contributed by atoms with Crippen LogP contribution in [0.4, 0.5) is 0 Å². The van der Waals surface area contributed by atoms with Crippen LogP contribution in [0.3, 0.4) is 0 Å². The van der Waals surface area contributed by atoms with Gasteiger partial charge in [-0.05, 0) is 31.1 Å². The fraction of sp³-hybridized carbons (Fsp3) is 0.818. The number of hydrogen-bond acceptors (Lipinski definition) is 4. The van der Waals surface area contributed by atoms with Crippen LogP contribution in [0.1, 0.15) is 19.3 Å². The summed E-state index contributed by atoms with van der Waals surface area (Å²) in [6.07, 6.45) is 1.57. The number of nitrogens with one attached hydrogen (secondary N) is 1. The largest absolute Gasteiger partial charge is 0.479 e. The molecule has 2 saturated carbocycles. The van der Waals surface area contributed by atoms with Gasteiger partial charge in [-0.1, -0.05) is 0 Å². The van der Waals surface area contributed by atoms with Crippen molar-refractivity contribution in [3.8, 4) is 0 Å². The van der Waals surface area contributed by atoms with Crippen LogP contribution in [0, 0.1) is 17.8 Å². The van der Waals surface area contributed by atoms with Gasteiger partial charge in [0.15, 0.2) is 6.10 Å². The molecule has 1 amide bonds. The molecule has 0 aromatic heterocycles. The summed E-state index contributed by atoms with van der Waals surface area (Å²) in [5.41, 5.74) is 5.99. The van der Waals surface area contributed by atoms with Gasteiger partial charge in [-0.15, -0.1) is 0 Å². The third kappa shape index (κ3) is 2.28. The van der Waals surface area contributed by atoms with E-state index in [1.54, 1.807) is 0 Å². The van der Waals surface area contributed by atoms with Crippen molar-refractivity contribution in [1.82, 2.24) is 5.32 Å². The van der Waals surface area contributed by atoms with Gasteiger partial charge in [0.25, 0.3) is 0 Å². The normalized spacial score (nSPS) is 36.8. The lowest BCUT2D eigenvalue weighted by atomic mass is 9.84. The Morgan fingerprint density at radius 2 is 2.00 bits per heavy atom. The van der Waals surface area contributed by atoms with E-state index in [1.165, 1.54) is 0 Å². The van der Waals surface area contributed by atoms with Crippen molar-refractivity contribution in [2.45, 2.75) is 31.4 Å². The summed E-state index contributed by atoms with van der Waals surface area (Å²) in [5, 5.41) is 20.0. The second kappa shape index (κ2) is 4.62. The van der Waals surface area contributed by atoms with E-state index in [-0.39, 0.29) is 24.4 Å². The molecule has 2 fully saturated rings. The molecule has 2 aliphatic rings. The number of carboxylic acids is 1. The summed E-state index contributed by atoms with van der Waals surface area (Å²) < 4.78 is 0. The van der Waals surface area contributed by atoms with E-state index in [0.29, 0.717) is 11.8 Å². The average Bonchev–Trinajstić information content (AvgIpc) is 2.85. The highest BCUT2D eigenvalue weighted by Crippen LogP contribution is 2.47. The summed E-state index contributed by atoms with van der Waals surface area (Å²) in [6, 6.07) is -0.115. The van der Waals surface area contributed by atoms with Crippen molar-refractivity contribution < 1.29 is 19.8 Å². The van der Waals surface area contributed by atoms with Crippen LogP contribution < -0.4 is 11.1 Å². The standard InChI is InChI=1S/C11H18N2O4/c12-9-6-2-1-5(3-6)8(9)10(15)13-4-7(14)11(16)17/h5-9,14H,1-4,12H2,(H,13,15)(H,16,17). The van der Waals surface area contributed by atoms with Crippen molar-refractivity contribution in [3.63, 3.8) is 0 Å². The van der Waals surface area contributed by atoms with Crippen LogP contribution in [0.15, 0.2) is 0 Å². The van der Waals surface area contributed by atoms with Crippen molar-refractivity contribution >= 4 is 11.9 Å². The number of aliphatic hydroxyl groups excluding tert-OH is 1. The molecule has 0 aromatic rings. The van der Waals surface area contributed by atoms with Gasteiger partial charge in [0.05, 0.1) is 12.5 Å².